The van der Waals surface area contributed by atoms with Crippen LogP contribution in [0.15, 0.2) is 47.8 Å². The molecule has 0 bridgehead atoms. The molecular weight excluding hydrogens is 322 g/mol. The number of carboxylic acid groups (broad SMARTS) is 1. The first-order valence-electron chi connectivity index (χ1n) is 7.52. The van der Waals surface area contributed by atoms with Crippen LogP contribution >= 0.6 is 11.3 Å². The molecule has 0 amide bonds. The second kappa shape index (κ2) is 6.84. The van der Waals surface area contributed by atoms with Gasteiger partial charge in [0.25, 0.3) is 0 Å². The van der Waals surface area contributed by atoms with Crippen LogP contribution in [0.3, 0.4) is 0 Å². The highest BCUT2D eigenvalue weighted by Crippen LogP contribution is 2.27. The van der Waals surface area contributed by atoms with E-state index in [1.807, 2.05) is 5.38 Å². The molecular formula is C19H17NO3S. The first-order valence-corrected chi connectivity index (χ1v) is 8.39. The van der Waals surface area contributed by atoms with Crippen LogP contribution in [0.4, 0.5) is 0 Å². The number of ether oxygens (including phenoxy) is 1. The lowest BCUT2D eigenvalue weighted by atomic mass is 10.0. The highest BCUT2D eigenvalue weighted by molar-refractivity contribution is 7.09. The van der Waals surface area contributed by atoms with E-state index < -0.39 is 5.97 Å². The summed E-state index contributed by atoms with van der Waals surface area (Å²) < 4.78 is 5.65. The van der Waals surface area contributed by atoms with Crippen LogP contribution in [0.25, 0.3) is 11.3 Å². The van der Waals surface area contributed by atoms with Crippen molar-refractivity contribution in [3.8, 4) is 17.0 Å². The molecule has 5 heteroatoms. The van der Waals surface area contributed by atoms with Gasteiger partial charge in [0.15, 0.2) is 0 Å². The lowest BCUT2D eigenvalue weighted by Crippen LogP contribution is -2.03. The van der Waals surface area contributed by atoms with Crippen LogP contribution in [-0.2, 0) is 6.61 Å². The van der Waals surface area contributed by atoms with E-state index in [1.165, 1.54) is 28.5 Å². The Balaban J connectivity index is 1.77. The Labute approximate surface area is 144 Å². The third-order valence-electron chi connectivity index (χ3n) is 3.68. The fourth-order valence-corrected chi connectivity index (χ4v) is 3.22. The summed E-state index contributed by atoms with van der Waals surface area (Å²) in [6.07, 6.45) is 0. The molecule has 122 valence electrons. The van der Waals surface area contributed by atoms with Crippen molar-refractivity contribution in [2.75, 3.05) is 0 Å². The van der Waals surface area contributed by atoms with Crippen LogP contribution in [-0.4, -0.2) is 16.1 Å². The summed E-state index contributed by atoms with van der Waals surface area (Å²) in [7, 11) is 0. The SMILES string of the molecule is Cc1ccc(-c2csc(COc3ccccc3C(=O)O)n2)c(C)c1. The number of benzene rings is 2. The predicted octanol–water partition coefficient (Wildman–Crippen LogP) is 4.70. The Morgan fingerprint density at radius 2 is 2.00 bits per heavy atom. The molecule has 0 saturated heterocycles. The van der Waals surface area contributed by atoms with Gasteiger partial charge in [-0.2, -0.15) is 0 Å². The monoisotopic (exact) mass is 339 g/mol. The summed E-state index contributed by atoms with van der Waals surface area (Å²) in [5.74, 6) is -0.644. The molecule has 1 N–H and O–H groups in total. The topological polar surface area (TPSA) is 59.4 Å². The third kappa shape index (κ3) is 3.46. The largest absolute Gasteiger partial charge is 0.486 e. The molecule has 0 saturated carbocycles. The molecule has 24 heavy (non-hydrogen) atoms. The van der Waals surface area contributed by atoms with E-state index in [2.05, 4.69) is 37.0 Å². The molecule has 4 nitrogen and oxygen atoms in total. The van der Waals surface area contributed by atoms with E-state index >= 15 is 0 Å². The van der Waals surface area contributed by atoms with Gasteiger partial charge in [-0.05, 0) is 31.5 Å². The van der Waals surface area contributed by atoms with Gasteiger partial charge >= 0.3 is 5.97 Å². The minimum absolute atomic E-state index is 0.156. The molecule has 0 unspecified atom stereocenters. The number of hydrogen-bond donors (Lipinski definition) is 1. The van der Waals surface area contributed by atoms with Gasteiger partial charge in [0.05, 0.1) is 5.69 Å². The lowest BCUT2D eigenvalue weighted by Gasteiger charge is -2.07. The number of aromatic nitrogens is 1. The zero-order valence-electron chi connectivity index (χ0n) is 13.4. The number of aryl methyl sites for hydroxylation is 2. The molecule has 0 aliphatic heterocycles. The van der Waals surface area contributed by atoms with E-state index in [0.717, 1.165) is 16.3 Å². The summed E-state index contributed by atoms with van der Waals surface area (Å²) in [5.41, 5.74) is 4.59. The summed E-state index contributed by atoms with van der Waals surface area (Å²) >= 11 is 1.51. The average Bonchev–Trinajstić information content (AvgIpc) is 3.01. The van der Waals surface area contributed by atoms with Gasteiger partial charge in [0.1, 0.15) is 22.9 Å². The second-order valence-corrected chi connectivity index (χ2v) is 6.48. The fraction of sp³-hybridized carbons (Fsp3) is 0.158. The maximum Gasteiger partial charge on any atom is 0.339 e. The van der Waals surface area contributed by atoms with Crippen LogP contribution in [0.1, 0.15) is 26.5 Å². The number of rotatable bonds is 5. The van der Waals surface area contributed by atoms with Crippen LogP contribution < -0.4 is 4.74 Å². The first kappa shape index (κ1) is 16.2. The maximum absolute atomic E-state index is 11.2. The van der Waals surface area contributed by atoms with Crippen molar-refractivity contribution in [2.24, 2.45) is 0 Å². The fourth-order valence-electron chi connectivity index (χ4n) is 2.51. The highest BCUT2D eigenvalue weighted by atomic mass is 32.1. The van der Waals surface area contributed by atoms with E-state index in [1.54, 1.807) is 18.2 Å². The van der Waals surface area contributed by atoms with Gasteiger partial charge in [0, 0.05) is 10.9 Å². The molecule has 1 aromatic heterocycles. The zero-order chi connectivity index (χ0) is 17.1. The maximum atomic E-state index is 11.2. The lowest BCUT2D eigenvalue weighted by molar-refractivity contribution is 0.0691. The number of carbonyl (C=O) groups is 1. The summed E-state index contributed by atoms with van der Waals surface area (Å²) in [6, 6.07) is 12.9. The number of thiazole rings is 1. The van der Waals surface area contributed by atoms with Crippen molar-refractivity contribution in [3.05, 3.63) is 69.5 Å². The Kier molecular flexibility index (Phi) is 4.62. The molecule has 0 aliphatic carbocycles. The molecule has 0 spiro atoms. The Hall–Kier alpha value is -2.66. The molecule has 0 aliphatic rings. The standard InChI is InChI=1S/C19H17NO3S/c1-12-7-8-14(13(2)9-12)16-11-24-18(20-16)10-23-17-6-4-3-5-15(17)19(21)22/h3-9,11H,10H2,1-2H3,(H,21,22). The average molecular weight is 339 g/mol. The van der Waals surface area contributed by atoms with Crippen LogP contribution in [0, 0.1) is 13.8 Å². The summed E-state index contributed by atoms with van der Waals surface area (Å²) in [6.45, 7) is 4.39. The van der Waals surface area contributed by atoms with E-state index in [0.29, 0.717) is 5.75 Å². The molecule has 3 rings (SSSR count). The summed E-state index contributed by atoms with van der Waals surface area (Å²) in [5, 5.41) is 12.0. The van der Waals surface area contributed by atoms with E-state index in [4.69, 9.17) is 4.74 Å². The molecule has 0 fully saturated rings. The minimum Gasteiger partial charge on any atom is -0.486 e. The summed E-state index contributed by atoms with van der Waals surface area (Å²) in [4.78, 5) is 15.8. The quantitative estimate of drug-likeness (QED) is 0.732. The predicted molar refractivity (Wildman–Crippen MR) is 94.8 cm³/mol. The second-order valence-electron chi connectivity index (χ2n) is 5.53. The Bertz CT molecular complexity index is 886. The molecule has 1 heterocycles. The van der Waals surface area contributed by atoms with Crippen LogP contribution in [0.5, 0.6) is 5.75 Å². The van der Waals surface area contributed by atoms with Gasteiger partial charge in [0.2, 0.25) is 0 Å². The molecule has 0 atom stereocenters. The van der Waals surface area contributed by atoms with Gasteiger partial charge in [-0.1, -0.05) is 35.9 Å². The number of hydrogen-bond acceptors (Lipinski definition) is 4. The number of carboxylic acids is 1. The van der Waals surface area contributed by atoms with E-state index in [-0.39, 0.29) is 12.2 Å². The van der Waals surface area contributed by atoms with Crippen molar-refractivity contribution in [1.82, 2.24) is 4.98 Å². The Morgan fingerprint density at radius 3 is 2.75 bits per heavy atom. The van der Waals surface area contributed by atoms with Crippen molar-refractivity contribution in [1.29, 1.82) is 0 Å². The van der Waals surface area contributed by atoms with Gasteiger partial charge < -0.3 is 9.84 Å². The van der Waals surface area contributed by atoms with E-state index in [9.17, 15) is 9.90 Å². The van der Waals surface area contributed by atoms with Crippen molar-refractivity contribution in [3.63, 3.8) is 0 Å². The normalized spacial score (nSPS) is 10.6. The molecule has 2 aromatic carbocycles. The smallest absolute Gasteiger partial charge is 0.339 e. The highest BCUT2D eigenvalue weighted by Gasteiger charge is 2.12. The number of aromatic carboxylic acids is 1. The minimum atomic E-state index is -0.999. The molecule has 0 radical (unpaired) electrons. The van der Waals surface area contributed by atoms with Gasteiger partial charge in [-0.25, -0.2) is 9.78 Å². The number of nitrogens with zero attached hydrogens (tertiary/aromatic N) is 1. The zero-order valence-corrected chi connectivity index (χ0v) is 14.3. The van der Waals surface area contributed by atoms with Crippen molar-refractivity contribution < 1.29 is 14.6 Å². The van der Waals surface area contributed by atoms with Crippen molar-refractivity contribution in [2.45, 2.75) is 20.5 Å². The van der Waals surface area contributed by atoms with Gasteiger partial charge in [-0.15, -0.1) is 11.3 Å². The van der Waals surface area contributed by atoms with Gasteiger partial charge in [-0.3, -0.25) is 0 Å². The first-order chi connectivity index (χ1) is 11.5. The van der Waals surface area contributed by atoms with Crippen LogP contribution in [0.2, 0.25) is 0 Å². The third-order valence-corrected chi connectivity index (χ3v) is 4.50. The Morgan fingerprint density at radius 1 is 1.21 bits per heavy atom. The molecule has 3 aromatic rings. The number of para-hydroxylation sites is 1. The van der Waals surface area contributed by atoms with Crippen molar-refractivity contribution >= 4 is 17.3 Å².